The first kappa shape index (κ1) is 18.4. The molecule has 6 heteroatoms. The number of hydrogen-bond acceptors (Lipinski definition) is 6. The monoisotopic (exact) mass is 370 g/mol. The lowest BCUT2D eigenvalue weighted by Gasteiger charge is -2.36. The van der Waals surface area contributed by atoms with E-state index >= 15 is 0 Å². The molecule has 0 spiro atoms. The molecule has 27 heavy (non-hydrogen) atoms. The molecule has 2 atom stereocenters. The number of rotatable bonds is 5. The Morgan fingerprint density at radius 1 is 1.15 bits per heavy atom. The standard InChI is InChI=1S/C21H30N4O2/c1-15-8-7-13-25(16(15)2)14-19-23-20(24-27-19)18-11-6-12-22-21(18)26-17-9-4-3-5-10-17/h6,11-12,15-17H,3-5,7-10,13-14H2,1-2H3/t15-,16+/m0/s1. The zero-order chi connectivity index (χ0) is 18.6. The number of aromatic nitrogens is 3. The molecule has 2 aromatic heterocycles. The van der Waals surface area contributed by atoms with Crippen LogP contribution in [0.1, 0.15) is 64.7 Å². The van der Waals surface area contributed by atoms with Gasteiger partial charge in [-0.1, -0.05) is 18.5 Å². The lowest BCUT2D eigenvalue weighted by molar-refractivity contribution is 0.0940. The summed E-state index contributed by atoms with van der Waals surface area (Å²) in [4.78, 5) is 11.5. The average molecular weight is 370 g/mol. The van der Waals surface area contributed by atoms with Crippen molar-refractivity contribution >= 4 is 0 Å². The molecular formula is C21H30N4O2. The highest BCUT2D eigenvalue weighted by Gasteiger charge is 2.26. The molecule has 0 unspecified atom stereocenters. The summed E-state index contributed by atoms with van der Waals surface area (Å²) in [6, 6.07) is 4.40. The lowest BCUT2D eigenvalue weighted by atomic mass is 9.92. The first-order valence-electron chi connectivity index (χ1n) is 10.4. The van der Waals surface area contributed by atoms with Crippen LogP contribution in [0.25, 0.3) is 11.4 Å². The van der Waals surface area contributed by atoms with Gasteiger partial charge in [-0.3, -0.25) is 4.90 Å². The van der Waals surface area contributed by atoms with Crippen LogP contribution in [0.15, 0.2) is 22.9 Å². The average Bonchev–Trinajstić information content (AvgIpc) is 3.15. The minimum Gasteiger partial charge on any atom is -0.474 e. The zero-order valence-electron chi connectivity index (χ0n) is 16.4. The van der Waals surface area contributed by atoms with Crippen molar-refractivity contribution in [2.45, 2.75) is 77.5 Å². The first-order chi connectivity index (χ1) is 13.2. The Morgan fingerprint density at radius 2 is 2.00 bits per heavy atom. The summed E-state index contributed by atoms with van der Waals surface area (Å²) in [6.07, 6.45) is 10.5. The molecular weight excluding hydrogens is 340 g/mol. The smallest absolute Gasteiger partial charge is 0.241 e. The van der Waals surface area contributed by atoms with Crippen molar-refractivity contribution in [1.29, 1.82) is 0 Å². The lowest BCUT2D eigenvalue weighted by Crippen LogP contribution is -2.41. The van der Waals surface area contributed by atoms with E-state index in [0.29, 0.717) is 36.1 Å². The summed E-state index contributed by atoms with van der Waals surface area (Å²) < 4.78 is 11.8. The van der Waals surface area contributed by atoms with E-state index in [1.165, 1.54) is 32.1 Å². The van der Waals surface area contributed by atoms with Crippen molar-refractivity contribution in [2.75, 3.05) is 6.54 Å². The van der Waals surface area contributed by atoms with Crippen molar-refractivity contribution < 1.29 is 9.26 Å². The number of nitrogens with zero attached hydrogens (tertiary/aromatic N) is 4. The summed E-state index contributed by atoms with van der Waals surface area (Å²) in [5.41, 5.74) is 0.818. The van der Waals surface area contributed by atoms with E-state index in [2.05, 4.69) is 33.9 Å². The predicted molar refractivity (Wildman–Crippen MR) is 103 cm³/mol. The molecule has 2 aliphatic rings. The molecule has 1 saturated heterocycles. The summed E-state index contributed by atoms with van der Waals surface area (Å²) in [7, 11) is 0. The second-order valence-electron chi connectivity index (χ2n) is 8.08. The molecule has 0 aromatic carbocycles. The van der Waals surface area contributed by atoms with Crippen LogP contribution in [0, 0.1) is 5.92 Å². The molecule has 2 fully saturated rings. The van der Waals surface area contributed by atoms with E-state index in [9.17, 15) is 0 Å². The summed E-state index contributed by atoms with van der Waals surface area (Å²) in [6.45, 7) is 6.41. The topological polar surface area (TPSA) is 64.3 Å². The molecule has 4 rings (SSSR count). The molecule has 1 aliphatic heterocycles. The molecule has 0 N–H and O–H groups in total. The summed E-state index contributed by atoms with van der Waals surface area (Å²) in [5, 5.41) is 4.22. The number of pyridine rings is 1. The van der Waals surface area contributed by atoms with Crippen LogP contribution < -0.4 is 4.74 Å². The summed E-state index contributed by atoms with van der Waals surface area (Å²) in [5.74, 6) is 2.56. The van der Waals surface area contributed by atoms with Gasteiger partial charge in [0.2, 0.25) is 17.6 Å². The maximum Gasteiger partial charge on any atom is 0.241 e. The molecule has 0 bridgehead atoms. The van der Waals surface area contributed by atoms with Crippen LogP contribution in [-0.4, -0.2) is 38.7 Å². The SMILES string of the molecule is C[C@@H]1[C@@H](C)CCCN1Cc1nc(-c2cccnc2OC2CCCCC2)no1. The fraction of sp³-hybridized carbons (Fsp3) is 0.667. The van der Waals surface area contributed by atoms with Gasteiger partial charge < -0.3 is 9.26 Å². The van der Waals surface area contributed by atoms with Crippen LogP contribution in [0.2, 0.25) is 0 Å². The van der Waals surface area contributed by atoms with Gasteiger partial charge in [-0.15, -0.1) is 0 Å². The van der Waals surface area contributed by atoms with Crippen LogP contribution in [0.4, 0.5) is 0 Å². The van der Waals surface area contributed by atoms with Gasteiger partial charge in [-0.2, -0.15) is 4.98 Å². The van der Waals surface area contributed by atoms with Crippen molar-refractivity contribution in [2.24, 2.45) is 5.92 Å². The molecule has 2 aromatic rings. The number of hydrogen-bond donors (Lipinski definition) is 0. The minimum atomic E-state index is 0.245. The molecule has 146 valence electrons. The maximum atomic E-state index is 6.19. The van der Waals surface area contributed by atoms with Gasteiger partial charge in [-0.05, 0) is 70.0 Å². The van der Waals surface area contributed by atoms with Gasteiger partial charge in [0, 0.05) is 12.2 Å². The van der Waals surface area contributed by atoms with E-state index in [1.807, 2.05) is 12.1 Å². The Kier molecular flexibility index (Phi) is 5.72. The maximum absolute atomic E-state index is 6.19. The van der Waals surface area contributed by atoms with E-state index in [-0.39, 0.29) is 6.10 Å². The highest BCUT2D eigenvalue weighted by Crippen LogP contribution is 2.30. The Morgan fingerprint density at radius 3 is 2.85 bits per heavy atom. The molecule has 6 nitrogen and oxygen atoms in total. The van der Waals surface area contributed by atoms with E-state index in [1.54, 1.807) is 6.20 Å². The van der Waals surface area contributed by atoms with Crippen molar-refractivity contribution in [1.82, 2.24) is 20.0 Å². The zero-order valence-corrected chi connectivity index (χ0v) is 16.4. The van der Waals surface area contributed by atoms with Gasteiger partial charge in [0.25, 0.3) is 0 Å². The fourth-order valence-electron chi connectivity index (χ4n) is 4.24. The number of piperidine rings is 1. The minimum absolute atomic E-state index is 0.245. The molecule has 0 radical (unpaired) electrons. The van der Waals surface area contributed by atoms with Gasteiger partial charge >= 0.3 is 0 Å². The molecule has 0 amide bonds. The van der Waals surface area contributed by atoms with Gasteiger partial charge in [-0.25, -0.2) is 4.98 Å². The Hall–Kier alpha value is -1.95. The third kappa shape index (κ3) is 4.32. The van der Waals surface area contributed by atoms with Crippen molar-refractivity contribution in [3.63, 3.8) is 0 Å². The molecule has 1 aliphatic carbocycles. The summed E-state index contributed by atoms with van der Waals surface area (Å²) >= 11 is 0. The predicted octanol–water partition coefficient (Wildman–Crippen LogP) is 4.46. The van der Waals surface area contributed by atoms with E-state index < -0.39 is 0 Å². The normalized spacial score (nSPS) is 24.8. The van der Waals surface area contributed by atoms with Crippen LogP contribution in [0.5, 0.6) is 5.88 Å². The highest BCUT2D eigenvalue weighted by atomic mass is 16.5. The molecule has 1 saturated carbocycles. The second-order valence-corrected chi connectivity index (χ2v) is 8.08. The number of ether oxygens (including phenoxy) is 1. The van der Waals surface area contributed by atoms with Gasteiger partial charge in [0.15, 0.2) is 0 Å². The van der Waals surface area contributed by atoms with Crippen LogP contribution in [0.3, 0.4) is 0 Å². The third-order valence-electron chi connectivity index (χ3n) is 6.15. The van der Waals surface area contributed by atoms with Crippen molar-refractivity contribution in [3.8, 4) is 17.3 Å². The van der Waals surface area contributed by atoms with E-state index in [0.717, 1.165) is 24.9 Å². The highest BCUT2D eigenvalue weighted by molar-refractivity contribution is 5.60. The largest absolute Gasteiger partial charge is 0.474 e. The van der Waals surface area contributed by atoms with Gasteiger partial charge in [0.05, 0.1) is 12.1 Å². The quantitative estimate of drug-likeness (QED) is 0.774. The van der Waals surface area contributed by atoms with Crippen molar-refractivity contribution in [3.05, 3.63) is 24.2 Å². The third-order valence-corrected chi connectivity index (χ3v) is 6.15. The number of likely N-dealkylation sites (tertiary alicyclic amines) is 1. The van der Waals surface area contributed by atoms with Crippen LogP contribution in [-0.2, 0) is 6.54 Å². The Labute approximate surface area is 161 Å². The van der Waals surface area contributed by atoms with E-state index in [4.69, 9.17) is 9.26 Å². The van der Waals surface area contributed by atoms with Gasteiger partial charge in [0.1, 0.15) is 6.10 Å². The van der Waals surface area contributed by atoms with Crippen LogP contribution >= 0.6 is 0 Å². The fourth-order valence-corrected chi connectivity index (χ4v) is 4.24. The second kappa shape index (κ2) is 8.38. The molecule has 3 heterocycles. The first-order valence-corrected chi connectivity index (χ1v) is 10.4. The Bertz CT molecular complexity index is 741. The Balaban J connectivity index is 1.48.